The maximum Gasteiger partial charge on any atom is 0.252 e. The number of aromatic nitrogens is 1. The zero-order valence-corrected chi connectivity index (χ0v) is 20.6. The van der Waals surface area contributed by atoms with E-state index >= 15 is 0 Å². The van der Waals surface area contributed by atoms with Gasteiger partial charge in [-0.25, -0.2) is 16.8 Å². The van der Waals surface area contributed by atoms with Gasteiger partial charge in [0.2, 0.25) is 9.84 Å². The second kappa shape index (κ2) is 9.28. The number of sulfone groups is 1. The number of anilines is 1. The van der Waals surface area contributed by atoms with Gasteiger partial charge in [-0.15, -0.1) is 11.3 Å². The third-order valence-corrected chi connectivity index (χ3v) is 10.9. The molecule has 0 bridgehead atoms. The molecule has 1 aromatic carbocycles. The minimum absolute atomic E-state index is 0.000400. The molecule has 32 heavy (non-hydrogen) atoms. The number of pyridine rings is 1. The number of benzene rings is 1. The fraction of sp³-hybridized carbons (Fsp3) is 0.250. The van der Waals surface area contributed by atoms with E-state index in [9.17, 15) is 16.8 Å². The van der Waals surface area contributed by atoms with Crippen molar-refractivity contribution < 1.29 is 16.8 Å². The number of hydrogen-bond acceptors (Lipinski definition) is 7. The molecule has 0 saturated carbocycles. The van der Waals surface area contributed by atoms with Gasteiger partial charge in [0.15, 0.2) is 0 Å². The molecule has 1 fully saturated rings. The topological polar surface area (TPSA) is 87.6 Å². The highest BCUT2D eigenvalue weighted by Gasteiger charge is 2.31. The molecule has 2 aromatic heterocycles. The summed E-state index contributed by atoms with van der Waals surface area (Å²) in [6.45, 7) is 1.49. The molecule has 4 rings (SSSR count). The molecule has 3 aromatic rings. The first kappa shape index (κ1) is 23.5. The summed E-state index contributed by atoms with van der Waals surface area (Å²) in [5.41, 5.74) is 0.634. The van der Waals surface area contributed by atoms with Gasteiger partial charge in [0, 0.05) is 44.0 Å². The molecule has 0 atom stereocenters. The number of hydrogen-bond donors (Lipinski definition) is 0. The molecule has 12 heteroatoms. The molecule has 1 aliphatic heterocycles. The van der Waals surface area contributed by atoms with Crippen LogP contribution in [0.3, 0.4) is 0 Å². The van der Waals surface area contributed by atoms with Gasteiger partial charge >= 0.3 is 0 Å². The quantitative estimate of drug-likeness (QED) is 0.490. The van der Waals surface area contributed by atoms with Crippen molar-refractivity contribution in [3.8, 4) is 0 Å². The van der Waals surface area contributed by atoms with Crippen molar-refractivity contribution in [2.24, 2.45) is 0 Å². The van der Waals surface area contributed by atoms with Crippen molar-refractivity contribution in [1.29, 1.82) is 0 Å². The summed E-state index contributed by atoms with van der Waals surface area (Å²) in [5.74, 6) is 0. The van der Waals surface area contributed by atoms with Crippen LogP contribution < -0.4 is 4.90 Å². The van der Waals surface area contributed by atoms with Crippen LogP contribution in [0.5, 0.6) is 0 Å². The minimum Gasteiger partial charge on any atom is -0.368 e. The summed E-state index contributed by atoms with van der Waals surface area (Å²) in [5, 5.41) is 2.18. The average Bonchev–Trinajstić information content (AvgIpc) is 3.16. The van der Waals surface area contributed by atoms with E-state index in [1.165, 1.54) is 40.3 Å². The Morgan fingerprint density at radius 3 is 2.25 bits per heavy atom. The predicted molar refractivity (Wildman–Crippen MR) is 126 cm³/mol. The summed E-state index contributed by atoms with van der Waals surface area (Å²) in [4.78, 5) is 6.00. The predicted octanol–water partition coefficient (Wildman–Crippen LogP) is 4.18. The lowest BCUT2D eigenvalue weighted by atomic mass is 10.3. The summed E-state index contributed by atoms with van der Waals surface area (Å²) in [6.07, 6.45) is 3.57. The van der Waals surface area contributed by atoms with Crippen LogP contribution in [-0.2, 0) is 19.9 Å². The highest BCUT2D eigenvalue weighted by molar-refractivity contribution is 7.92. The smallest absolute Gasteiger partial charge is 0.252 e. The van der Waals surface area contributed by atoms with Crippen molar-refractivity contribution in [2.75, 3.05) is 31.1 Å². The van der Waals surface area contributed by atoms with Crippen LogP contribution in [0.4, 0.5) is 5.69 Å². The lowest BCUT2D eigenvalue weighted by Crippen LogP contribution is -2.35. The molecule has 1 aliphatic rings. The lowest BCUT2D eigenvalue weighted by molar-refractivity contribution is 0.434. The van der Waals surface area contributed by atoms with Gasteiger partial charge in [-0.05, 0) is 24.6 Å². The number of sulfonamides is 1. The Kier molecular flexibility index (Phi) is 6.81. The third-order valence-electron chi connectivity index (χ3n) is 5.11. The SMILES string of the molecule is O=S(=O)(c1ccccc1)c1csc(S(=O)(=O)N2CCCN(c3c(Cl)cncc3Cl)CC2)c1. The first-order valence-corrected chi connectivity index (χ1v) is 14.2. The summed E-state index contributed by atoms with van der Waals surface area (Å²) >= 11 is 13.4. The van der Waals surface area contributed by atoms with Gasteiger partial charge in [0.25, 0.3) is 10.0 Å². The highest BCUT2D eigenvalue weighted by Crippen LogP contribution is 2.34. The van der Waals surface area contributed by atoms with E-state index in [1.807, 2.05) is 4.90 Å². The van der Waals surface area contributed by atoms with Crippen LogP contribution in [0.15, 0.2) is 68.2 Å². The zero-order chi connectivity index (χ0) is 22.9. The maximum absolute atomic E-state index is 13.3. The maximum atomic E-state index is 13.3. The first-order valence-electron chi connectivity index (χ1n) is 9.64. The molecular weight excluding hydrogens is 513 g/mol. The van der Waals surface area contributed by atoms with Crippen LogP contribution in [0.25, 0.3) is 0 Å². The van der Waals surface area contributed by atoms with E-state index < -0.39 is 19.9 Å². The fourth-order valence-corrected chi connectivity index (χ4v) is 8.63. The first-order chi connectivity index (χ1) is 15.2. The average molecular weight is 532 g/mol. The van der Waals surface area contributed by atoms with Crippen LogP contribution in [0.1, 0.15) is 6.42 Å². The molecule has 0 unspecified atom stereocenters. The number of thiophene rings is 1. The molecule has 7 nitrogen and oxygen atoms in total. The van der Waals surface area contributed by atoms with Crippen LogP contribution >= 0.6 is 34.5 Å². The fourth-order valence-electron chi connectivity index (χ4n) is 3.50. The Morgan fingerprint density at radius 2 is 1.56 bits per heavy atom. The monoisotopic (exact) mass is 531 g/mol. The van der Waals surface area contributed by atoms with Crippen LogP contribution in [-0.4, -0.2) is 52.3 Å². The lowest BCUT2D eigenvalue weighted by Gasteiger charge is -2.25. The van der Waals surface area contributed by atoms with Crippen molar-refractivity contribution >= 4 is 60.1 Å². The van der Waals surface area contributed by atoms with E-state index in [0.717, 1.165) is 11.3 Å². The van der Waals surface area contributed by atoms with Crippen LogP contribution in [0.2, 0.25) is 10.0 Å². The molecule has 0 spiro atoms. The molecule has 0 radical (unpaired) electrons. The van der Waals surface area contributed by atoms with Gasteiger partial charge in [0.05, 0.1) is 25.5 Å². The van der Waals surface area contributed by atoms with E-state index in [0.29, 0.717) is 41.8 Å². The third kappa shape index (κ3) is 4.52. The van der Waals surface area contributed by atoms with Gasteiger partial charge in [-0.1, -0.05) is 41.4 Å². The number of halogens is 2. The summed E-state index contributed by atoms with van der Waals surface area (Å²) in [7, 11) is -7.64. The van der Waals surface area contributed by atoms with Gasteiger partial charge in [-0.3, -0.25) is 4.98 Å². The number of rotatable bonds is 5. The molecule has 3 heterocycles. The molecule has 0 aliphatic carbocycles. The number of nitrogens with zero attached hydrogens (tertiary/aromatic N) is 3. The van der Waals surface area contributed by atoms with Crippen molar-refractivity contribution in [3.63, 3.8) is 0 Å². The highest BCUT2D eigenvalue weighted by atomic mass is 35.5. The normalized spacial score (nSPS) is 16.1. The molecular formula is C20H19Cl2N3O4S3. The largest absolute Gasteiger partial charge is 0.368 e. The Hall–Kier alpha value is -1.69. The Bertz CT molecular complexity index is 1310. The van der Waals surface area contributed by atoms with Crippen LogP contribution in [0, 0.1) is 0 Å². The molecule has 170 valence electrons. The summed E-state index contributed by atoms with van der Waals surface area (Å²) in [6, 6.07) is 9.18. The van der Waals surface area contributed by atoms with Gasteiger partial charge in [-0.2, -0.15) is 4.31 Å². The van der Waals surface area contributed by atoms with Gasteiger partial charge in [0.1, 0.15) is 4.21 Å². The van der Waals surface area contributed by atoms with Crippen molar-refractivity contribution in [3.05, 3.63) is 64.2 Å². The van der Waals surface area contributed by atoms with Gasteiger partial charge < -0.3 is 4.90 Å². The minimum atomic E-state index is -3.85. The van der Waals surface area contributed by atoms with E-state index in [1.54, 1.807) is 18.2 Å². The van der Waals surface area contributed by atoms with E-state index in [-0.39, 0.29) is 20.5 Å². The Morgan fingerprint density at radius 1 is 0.875 bits per heavy atom. The standard InChI is InChI=1S/C20H19Cl2N3O4S3/c21-17-12-23-13-18(22)20(17)24-7-4-8-25(10-9-24)32(28,29)19-11-16(14-30-19)31(26,27)15-5-2-1-3-6-15/h1-3,5-6,11-14H,4,7-10H2. The zero-order valence-electron chi connectivity index (χ0n) is 16.7. The Labute approximate surface area is 201 Å². The van der Waals surface area contributed by atoms with Crippen molar-refractivity contribution in [2.45, 2.75) is 20.4 Å². The second-order valence-corrected chi connectivity index (χ2v) is 13.0. The molecule has 1 saturated heterocycles. The summed E-state index contributed by atoms with van der Waals surface area (Å²) < 4.78 is 53.5. The molecule has 0 N–H and O–H groups in total. The van der Waals surface area contributed by atoms with E-state index in [2.05, 4.69) is 4.98 Å². The second-order valence-electron chi connectivity index (χ2n) is 7.11. The molecule has 0 amide bonds. The van der Waals surface area contributed by atoms with E-state index in [4.69, 9.17) is 23.2 Å². The van der Waals surface area contributed by atoms with Crippen molar-refractivity contribution in [1.82, 2.24) is 9.29 Å². The Balaban J connectivity index is 1.56.